The summed E-state index contributed by atoms with van der Waals surface area (Å²) >= 11 is 6.16. The number of rotatable bonds is 4. The maximum absolute atomic E-state index is 10.8. The second-order valence-electron chi connectivity index (χ2n) is 21.8. The van der Waals surface area contributed by atoms with E-state index in [1.54, 1.807) is 6.07 Å². The smallest absolute Gasteiger partial charge is 0.412 e. The Morgan fingerprint density at radius 2 is 1.08 bits per heavy atom. The first-order valence-electron chi connectivity index (χ1n) is 23.3. The Balaban J connectivity index is 0.000000195. The third-order valence-corrected chi connectivity index (χ3v) is 10.3. The molecule has 3 aromatic carbocycles. The molecule has 16 heteroatoms. The van der Waals surface area contributed by atoms with Gasteiger partial charge in [-0.3, -0.25) is 10.00 Å². The van der Waals surface area contributed by atoms with Crippen molar-refractivity contribution in [3.8, 4) is 34.0 Å². The first-order valence-corrected chi connectivity index (χ1v) is 23.7. The van der Waals surface area contributed by atoms with Crippen LogP contribution in [-0.2, 0) is 31.9 Å². The predicted octanol–water partition coefficient (Wildman–Crippen LogP) is 14.8. The number of carbonyl (C=O) groups excluding carboxylic acids is 1. The largest absolute Gasteiger partial charge is 0.453 e. The summed E-state index contributed by atoms with van der Waals surface area (Å²) in [6.45, 7) is 34.8. The molecule has 0 radical (unpaired) electrons. The van der Waals surface area contributed by atoms with Crippen LogP contribution in [0.4, 0.5) is 10.6 Å². The fourth-order valence-electron chi connectivity index (χ4n) is 5.93. The SMILES string of the molecule is CC(C)(C)c1cc(-c2ccccc2)no1.CC(C)(C)c1nnc(-c2ccccc2)o1.COC(=O)Nc1cc(C(C)(C)C)on1.Cc1c(Cl)nn(C(C)(C)C)c1-c1ccccc1.Cc1noc(C(C)(C)C)n1. The summed E-state index contributed by atoms with van der Waals surface area (Å²) in [7, 11) is 1.29. The number of hydrogen-bond acceptors (Lipinski definition) is 13. The van der Waals surface area contributed by atoms with Gasteiger partial charge in [-0.1, -0.05) is 189 Å². The van der Waals surface area contributed by atoms with E-state index in [2.05, 4.69) is 120 Å². The number of aryl methyl sites for hydroxylation is 1. The standard InChI is InChI=1S/C14H17ClN2.C13H15NO.C12H14N2O.C9H14N2O3.C7H12N2O/c1-10-12(11-8-6-5-7-9-11)17(14(2,3)4)16-13(10)15;1-13(2,3)12-9-11(14-15-12)10-7-5-4-6-8-10;1-12(2,3)11-14-13-10(15-11)9-7-5-4-6-8-9;1-9(2,3)6-5-7(11-14-6)10-8(12)13-4;1-5-8-6(10-9-5)7(2,3)4/h5-9H,1-4H3;4-9H,1-3H3;4-8H,1-3H3;5H,1-4H3,(H,10,11,12);1-4H3. The Morgan fingerprint density at radius 1 is 0.592 bits per heavy atom. The van der Waals surface area contributed by atoms with E-state index in [0.717, 1.165) is 39.4 Å². The van der Waals surface area contributed by atoms with Crippen LogP contribution in [0.15, 0.2) is 121 Å². The number of benzene rings is 3. The summed E-state index contributed by atoms with van der Waals surface area (Å²) in [6.07, 6.45) is -0.557. The molecule has 1 amide bonds. The van der Waals surface area contributed by atoms with Gasteiger partial charge in [0.1, 0.15) is 17.2 Å². The van der Waals surface area contributed by atoms with Crippen LogP contribution in [0.3, 0.4) is 0 Å². The Kier molecular flexibility index (Phi) is 19.0. The molecule has 0 bridgehead atoms. The molecule has 380 valence electrons. The summed E-state index contributed by atoms with van der Waals surface area (Å²) in [6, 6.07) is 33.8. The van der Waals surface area contributed by atoms with Gasteiger partial charge < -0.3 is 22.7 Å². The number of aromatic nitrogens is 8. The first kappa shape index (κ1) is 56.7. The van der Waals surface area contributed by atoms with Crippen molar-refractivity contribution in [3.63, 3.8) is 0 Å². The highest BCUT2D eigenvalue weighted by Crippen LogP contribution is 2.33. The Bertz CT molecular complexity index is 2760. The molecule has 5 heterocycles. The van der Waals surface area contributed by atoms with Gasteiger partial charge in [0.15, 0.2) is 16.8 Å². The fourth-order valence-corrected chi connectivity index (χ4v) is 6.10. The third kappa shape index (κ3) is 17.2. The number of anilines is 1. The molecule has 0 saturated carbocycles. The summed E-state index contributed by atoms with van der Waals surface area (Å²) in [5.41, 5.74) is 5.93. The van der Waals surface area contributed by atoms with E-state index in [1.807, 2.05) is 145 Å². The van der Waals surface area contributed by atoms with Crippen molar-refractivity contribution < 1.29 is 27.5 Å². The minimum atomic E-state index is -0.557. The summed E-state index contributed by atoms with van der Waals surface area (Å²) in [4.78, 5) is 14.9. The van der Waals surface area contributed by atoms with E-state index in [4.69, 9.17) is 29.6 Å². The van der Waals surface area contributed by atoms with E-state index in [-0.39, 0.29) is 27.2 Å². The molecule has 5 aromatic heterocycles. The van der Waals surface area contributed by atoms with Crippen LogP contribution in [0.5, 0.6) is 0 Å². The minimum Gasteiger partial charge on any atom is -0.453 e. The molecule has 0 spiro atoms. The maximum Gasteiger partial charge on any atom is 0.412 e. The van der Waals surface area contributed by atoms with Crippen LogP contribution in [-0.4, -0.2) is 53.6 Å². The Labute approximate surface area is 424 Å². The van der Waals surface area contributed by atoms with Crippen LogP contribution >= 0.6 is 11.6 Å². The lowest BCUT2D eigenvalue weighted by Crippen LogP contribution is -2.24. The van der Waals surface area contributed by atoms with Gasteiger partial charge in [0.05, 0.1) is 18.3 Å². The zero-order valence-corrected chi connectivity index (χ0v) is 45.5. The van der Waals surface area contributed by atoms with E-state index in [9.17, 15) is 4.79 Å². The lowest BCUT2D eigenvalue weighted by atomic mass is 9.93. The van der Waals surface area contributed by atoms with Crippen molar-refractivity contribution in [1.29, 1.82) is 0 Å². The molecule has 0 saturated heterocycles. The maximum atomic E-state index is 10.8. The van der Waals surface area contributed by atoms with Gasteiger partial charge in [0, 0.05) is 56.0 Å². The van der Waals surface area contributed by atoms with Crippen LogP contribution in [0.25, 0.3) is 34.0 Å². The third-order valence-electron chi connectivity index (χ3n) is 9.99. The molecule has 0 unspecified atom stereocenters. The van der Waals surface area contributed by atoms with Crippen molar-refractivity contribution >= 4 is 23.5 Å². The number of methoxy groups -OCH3 is 1. The van der Waals surface area contributed by atoms with Gasteiger partial charge >= 0.3 is 6.09 Å². The first-order chi connectivity index (χ1) is 33.0. The minimum absolute atomic E-state index is 0.0139. The second-order valence-corrected chi connectivity index (χ2v) is 22.1. The molecule has 1 N–H and O–H groups in total. The second kappa shape index (κ2) is 23.8. The molecule has 0 fully saturated rings. The Hall–Kier alpha value is -6.87. The van der Waals surface area contributed by atoms with E-state index < -0.39 is 6.09 Å². The van der Waals surface area contributed by atoms with E-state index >= 15 is 0 Å². The zero-order chi connectivity index (χ0) is 53.0. The summed E-state index contributed by atoms with van der Waals surface area (Å²) < 4.78 is 27.4. The quantitative estimate of drug-likeness (QED) is 0.176. The normalized spacial score (nSPS) is 11.6. The lowest BCUT2D eigenvalue weighted by Gasteiger charge is -2.22. The molecular weight excluding hydrogens is 918 g/mol. The highest BCUT2D eigenvalue weighted by molar-refractivity contribution is 6.30. The predicted molar refractivity (Wildman–Crippen MR) is 280 cm³/mol. The number of ether oxygens (including phenoxy) is 1. The van der Waals surface area contributed by atoms with Gasteiger partial charge in [-0.2, -0.15) is 10.1 Å². The summed E-state index contributed by atoms with van der Waals surface area (Å²) in [5, 5.41) is 27.0. The van der Waals surface area contributed by atoms with Crippen molar-refractivity contribution in [2.45, 2.75) is 145 Å². The van der Waals surface area contributed by atoms with Crippen LogP contribution in [0, 0.1) is 13.8 Å². The van der Waals surface area contributed by atoms with Gasteiger partial charge in [-0.05, 0) is 46.8 Å². The molecule has 0 atom stereocenters. The number of hydrogen-bond donors (Lipinski definition) is 1. The van der Waals surface area contributed by atoms with Gasteiger partial charge in [0.2, 0.25) is 17.7 Å². The van der Waals surface area contributed by atoms with E-state index in [1.165, 1.54) is 7.11 Å². The molecule has 0 aliphatic carbocycles. The molecule has 8 aromatic rings. The van der Waals surface area contributed by atoms with Crippen molar-refractivity contribution in [2.75, 3.05) is 12.4 Å². The zero-order valence-electron chi connectivity index (χ0n) is 44.7. The average molecular weight is 991 g/mol. The Morgan fingerprint density at radius 3 is 1.49 bits per heavy atom. The van der Waals surface area contributed by atoms with Gasteiger partial charge in [0.25, 0.3) is 0 Å². The van der Waals surface area contributed by atoms with Crippen LogP contribution in [0.2, 0.25) is 5.15 Å². The molecule has 0 aliphatic rings. The monoisotopic (exact) mass is 990 g/mol. The molecule has 71 heavy (non-hydrogen) atoms. The summed E-state index contributed by atoms with van der Waals surface area (Å²) in [5.74, 6) is 4.64. The number of halogens is 1. The number of nitrogens with one attached hydrogen (secondary N) is 1. The molecular formula is C55H72ClN9O6. The highest BCUT2D eigenvalue weighted by Gasteiger charge is 2.25. The van der Waals surface area contributed by atoms with Crippen molar-refractivity contribution in [1.82, 2.24) is 40.4 Å². The fraction of sp³-hybridized carbons (Fsp3) is 0.418. The molecule has 15 nitrogen and oxygen atoms in total. The topological polar surface area (TPSA) is 186 Å². The number of carbonyl (C=O) groups is 1. The van der Waals surface area contributed by atoms with Gasteiger partial charge in [-0.15, -0.1) is 10.2 Å². The highest BCUT2D eigenvalue weighted by atomic mass is 35.5. The van der Waals surface area contributed by atoms with Crippen LogP contribution in [0.1, 0.15) is 139 Å². The molecule has 0 aliphatic heterocycles. The van der Waals surface area contributed by atoms with Crippen molar-refractivity contribution in [2.24, 2.45) is 0 Å². The number of amides is 1. The van der Waals surface area contributed by atoms with Crippen molar-refractivity contribution in [3.05, 3.63) is 143 Å². The molecule has 8 rings (SSSR count). The average Bonchev–Trinajstić information content (AvgIpc) is 4.16. The number of nitrogens with zero attached hydrogens (tertiary/aromatic N) is 8. The van der Waals surface area contributed by atoms with E-state index in [0.29, 0.717) is 40.2 Å². The van der Waals surface area contributed by atoms with Gasteiger partial charge in [-0.25, -0.2) is 4.79 Å². The lowest BCUT2D eigenvalue weighted by molar-refractivity contribution is 0.186. The van der Waals surface area contributed by atoms with Crippen LogP contribution < -0.4 is 5.32 Å².